The fourth-order valence-electron chi connectivity index (χ4n) is 3.39. The summed E-state index contributed by atoms with van der Waals surface area (Å²) >= 11 is 0. The first-order valence-corrected chi connectivity index (χ1v) is 9.27. The second-order valence-electron chi connectivity index (χ2n) is 7.22. The SMILES string of the molecule is Cc1ccc(C2(C)NC(=O)N(CC(=O)Nc3ccc4c(c3)OCCO4)C2=O)cc1. The van der Waals surface area contributed by atoms with Crippen molar-refractivity contribution >= 4 is 23.5 Å². The number of rotatable bonds is 4. The minimum Gasteiger partial charge on any atom is -0.486 e. The van der Waals surface area contributed by atoms with E-state index < -0.39 is 23.4 Å². The fraction of sp³-hybridized carbons (Fsp3) is 0.286. The lowest BCUT2D eigenvalue weighted by molar-refractivity contribution is -0.133. The molecule has 0 aromatic heterocycles. The van der Waals surface area contributed by atoms with Gasteiger partial charge in [0.25, 0.3) is 5.91 Å². The van der Waals surface area contributed by atoms with Crippen LogP contribution in [0.5, 0.6) is 11.5 Å². The third kappa shape index (κ3) is 3.49. The maximum atomic E-state index is 12.9. The maximum absolute atomic E-state index is 12.9. The van der Waals surface area contributed by atoms with Gasteiger partial charge in [-0.2, -0.15) is 0 Å². The molecule has 8 heteroatoms. The van der Waals surface area contributed by atoms with E-state index in [9.17, 15) is 14.4 Å². The number of ether oxygens (including phenoxy) is 2. The summed E-state index contributed by atoms with van der Waals surface area (Å²) in [6.45, 7) is 4.10. The molecule has 2 aromatic carbocycles. The second-order valence-corrected chi connectivity index (χ2v) is 7.22. The van der Waals surface area contributed by atoms with Gasteiger partial charge in [0, 0.05) is 11.8 Å². The summed E-state index contributed by atoms with van der Waals surface area (Å²) in [6.07, 6.45) is 0. The number of hydrogen-bond acceptors (Lipinski definition) is 5. The molecule has 0 bridgehead atoms. The Labute approximate surface area is 167 Å². The normalized spacial score (nSPS) is 20.4. The highest BCUT2D eigenvalue weighted by molar-refractivity contribution is 6.10. The number of hydrogen-bond donors (Lipinski definition) is 2. The molecule has 1 fully saturated rings. The minimum absolute atomic E-state index is 0.388. The van der Waals surface area contributed by atoms with Crippen LogP contribution in [0.2, 0.25) is 0 Å². The quantitative estimate of drug-likeness (QED) is 0.774. The lowest BCUT2D eigenvalue weighted by atomic mass is 9.91. The van der Waals surface area contributed by atoms with Gasteiger partial charge in [-0.05, 0) is 31.5 Å². The highest BCUT2D eigenvalue weighted by Gasteiger charge is 2.49. The smallest absolute Gasteiger partial charge is 0.325 e. The Morgan fingerprint density at radius 2 is 1.79 bits per heavy atom. The van der Waals surface area contributed by atoms with Gasteiger partial charge in [-0.25, -0.2) is 4.79 Å². The van der Waals surface area contributed by atoms with E-state index >= 15 is 0 Å². The highest BCUT2D eigenvalue weighted by atomic mass is 16.6. The predicted molar refractivity (Wildman–Crippen MR) is 105 cm³/mol. The van der Waals surface area contributed by atoms with Crippen LogP contribution < -0.4 is 20.1 Å². The molecule has 2 aliphatic rings. The van der Waals surface area contributed by atoms with Crippen LogP contribution in [-0.2, 0) is 15.1 Å². The zero-order valence-electron chi connectivity index (χ0n) is 16.2. The van der Waals surface area contributed by atoms with E-state index in [1.165, 1.54) is 0 Å². The average Bonchev–Trinajstić information content (AvgIpc) is 2.92. The molecule has 1 unspecified atom stereocenters. The lowest BCUT2D eigenvalue weighted by Crippen LogP contribution is -2.42. The molecule has 4 amide bonds. The molecule has 2 aliphatic heterocycles. The summed E-state index contributed by atoms with van der Waals surface area (Å²) in [5, 5.41) is 5.38. The van der Waals surface area contributed by atoms with Gasteiger partial charge in [0.1, 0.15) is 25.3 Å². The number of nitrogens with zero attached hydrogens (tertiary/aromatic N) is 1. The van der Waals surface area contributed by atoms with Crippen LogP contribution >= 0.6 is 0 Å². The number of fused-ring (bicyclic) bond motifs is 1. The molecular formula is C21H21N3O5. The van der Waals surface area contributed by atoms with E-state index in [1.54, 1.807) is 37.3 Å². The fourth-order valence-corrected chi connectivity index (χ4v) is 3.39. The van der Waals surface area contributed by atoms with Crippen LogP contribution in [0.3, 0.4) is 0 Å². The van der Waals surface area contributed by atoms with E-state index in [2.05, 4.69) is 10.6 Å². The summed E-state index contributed by atoms with van der Waals surface area (Å²) < 4.78 is 10.9. The van der Waals surface area contributed by atoms with Gasteiger partial charge in [-0.1, -0.05) is 29.8 Å². The molecule has 1 saturated heterocycles. The molecular weight excluding hydrogens is 374 g/mol. The highest BCUT2D eigenvalue weighted by Crippen LogP contribution is 2.33. The summed E-state index contributed by atoms with van der Waals surface area (Å²) in [4.78, 5) is 38.7. The maximum Gasteiger partial charge on any atom is 0.325 e. The van der Waals surface area contributed by atoms with E-state index in [1.807, 2.05) is 19.1 Å². The monoisotopic (exact) mass is 395 g/mol. The largest absolute Gasteiger partial charge is 0.486 e. The van der Waals surface area contributed by atoms with Crippen LogP contribution in [-0.4, -0.2) is 42.5 Å². The Kier molecular flexibility index (Phi) is 4.62. The van der Waals surface area contributed by atoms with Gasteiger partial charge in [-0.15, -0.1) is 0 Å². The number of carbonyl (C=O) groups excluding carboxylic acids is 3. The molecule has 4 rings (SSSR count). The summed E-state index contributed by atoms with van der Waals surface area (Å²) in [5.74, 6) is 0.190. The number of benzene rings is 2. The van der Waals surface area contributed by atoms with Crippen molar-refractivity contribution < 1.29 is 23.9 Å². The Balaban J connectivity index is 1.46. The molecule has 0 radical (unpaired) electrons. The molecule has 0 spiro atoms. The first kappa shape index (κ1) is 18.8. The first-order valence-electron chi connectivity index (χ1n) is 9.27. The van der Waals surface area contributed by atoms with Crippen molar-refractivity contribution in [3.05, 3.63) is 53.6 Å². The number of anilines is 1. The van der Waals surface area contributed by atoms with Crippen LogP contribution in [0.15, 0.2) is 42.5 Å². The van der Waals surface area contributed by atoms with Crippen molar-refractivity contribution in [2.75, 3.05) is 25.1 Å². The number of urea groups is 1. The van der Waals surface area contributed by atoms with Crippen molar-refractivity contribution in [1.82, 2.24) is 10.2 Å². The molecule has 150 valence electrons. The lowest BCUT2D eigenvalue weighted by Gasteiger charge is -2.22. The Morgan fingerprint density at radius 1 is 1.10 bits per heavy atom. The molecule has 2 N–H and O–H groups in total. The van der Waals surface area contributed by atoms with Gasteiger partial charge in [0.2, 0.25) is 5.91 Å². The van der Waals surface area contributed by atoms with Crippen LogP contribution in [0.4, 0.5) is 10.5 Å². The predicted octanol–water partition coefficient (Wildman–Crippen LogP) is 2.17. The summed E-state index contributed by atoms with van der Waals surface area (Å²) in [6, 6.07) is 11.8. The van der Waals surface area contributed by atoms with Gasteiger partial charge >= 0.3 is 6.03 Å². The Bertz CT molecular complexity index is 988. The topological polar surface area (TPSA) is 97.0 Å². The summed E-state index contributed by atoms with van der Waals surface area (Å²) in [7, 11) is 0. The van der Waals surface area contributed by atoms with Crippen LogP contribution in [0.1, 0.15) is 18.1 Å². The van der Waals surface area contributed by atoms with Gasteiger partial charge in [-0.3, -0.25) is 14.5 Å². The van der Waals surface area contributed by atoms with Crippen molar-refractivity contribution in [3.63, 3.8) is 0 Å². The first-order chi connectivity index (χ1) is 13.9. The van der Waals surface area contributed by atoms with Gasteiger partial charge in [0.05, 0.1) is 0 Å². The third-order valence-electron chi connectivity index (χ3n) is 5.03. The van der Waals surface area contributed by atoms with E-state index in [0.717, 1.165) is 10.5 Å². The van der Waals surface area contributed by atoms with Crippen molar-refractivity contribution in [3.8, 4) is 11.5 Å². The van der Waals surface area contributed by atoms with Crippen LogP contribution in [0, 0.1) is 6.92 Å². The van der Waals surface area contributed by atoms with Crippen molar-refractivity contribution in [1.29, 1.82) is 0 Å². The third-order valence-corrected chi connectivity index (χ3v) is 5.03. The molecule has 1 atom stereocenters. The van der Waals surface area contributed by atoms with E-state index in [4.69, 9.17) is 9.47 Å². The van der Waals surface area contributed by atoms with E-state index in [-0.39, 0.29) is 6.54 Å². The van der Waals surface area contributed by atoms with Crippen molar-refractivity contribution in [2.24, 2.45) is 0 Å². The van der Waals surface area contributed by atoms with Crippen molar-refractivity contribution in [2.45, 2.75) is 19.4 Å². The Morgan fingerprint density at radius 3 is 2.52 bits per heavy atom. The number of aryl methyl sites for hydroxylation is 1. The van der Waals surface area contributed by atoms with E-state index in [0.29, 0.717) is 36.0 Å². The molecule has 8 nitrogen and oxygen atoms in total. The molecule has 0 saturated carbocycles. The van der Waals surface area contributed by atoms with Gasteiger partial charge < -0.3 is 20.1 Å². The Hall–Kier alpha value is -3.55. The number of amides is 4. The van der Waals surface area contributed by atoms with Crippen LogP contribution in [0.25, 0.3) is 0 Å². The summed E-state index contributed by atoms with van der Waals surface area (Å²) in [5.41, 5.74) is 0.996. The number of carbonyl (C=O) groups is 3. The zero-order valence-corrected chi connectivity index (χ0v) is 16.2. The minimum atomic E-state index is -1.21. The van der Waals surface area contributed by atoms with Gasteiger partial charge in [0.15, 0.2) is 11.5 Å². The zero-order chi connectivity index (χ0) is 20.6. The standard InChI is InChI=1S/C21H21N3O5/c1-13-3-5-14(6-4-13)21(2)19(26)24(20(27)23-21)12-18(25)22-15-7-8-16-17(11-15)29-10-9-28-16/h3-8,11H,9-10,12H2,1-2H3,(H,22,25)(H,23,27). The molecule has 2 heterocycles. The number of nitrogens with one attached hydrogen (secondary N) is 2. The number of imide groups is 1. The average molecular weight is 395 g/mol. The second kappa shape index (κ2) is 7.12. The molecule has 0 aliphatic carbocycles. The molecule has 29 heavy (non-hydrogen) atoms. The molecule has 2 aromatic rings.